The molecule has 2 N–H and O–H groups in total. The van der Waals surface area contributed by atoms with Crippen LogP contribution in [0.2, 0.25) is 0 Å². The minimum atomic E-state index is -0.894. The molecule has 4 heteroatoms. The van der Waals surface area contributed by atoms with Crippen molar-refractivity contribution in [1.29, 1.82) is 0 Å². The molecule has 0 fully saturated rings. The van der Waals surface area contributed by atoms with Crippen LogP contribution in [0.3, 0.4) is 0 Å². The molecule has 2 rings (SSSR count). The van der Waals surface area contributed by atoms with Gasteiger partial charge in [-0.2, -0.15) is 0 Å². The fourth-order valence-corrected chi connectivity index (χ4v) is 2.56. The molecule has 0 saturated carbocycles. The van der Waals surface area contributed by atoms with Gasteiger partial charge in [0.2, 0.25) is 0 Å². The third-order valence-corrected chi connectivity index (χ3v) is 3.39. The van der Waals surface area contributed by atoms with Crippen molar-refractivity contribution in [2.75, 3.05) is 17.6 Å². The molecule has 1 aromatic carbocycles. The highest BCUT2D eigenvalue weighted by Gasteiger charge is 2.08. The smallest absolute Gasteiger partial charge is 0.327 e. The van der Waals surface area contributed by atoms with Gasteiger partial charge in [-0.1, -0.05) is 12.1 Å². The van der Waals surface area contributed by atoms with Crippen LogP contribution in [0.1, 0.15) is 5.56 Å². The Balaban J connectivity index is 2.08. The molecule has 1 aliphatic rings. The molecule has 0 atom stereocenters. The molecule has 1 aromatic rings. The number of fused-ring (bicyclic) bond motifs is 1. The molecule has 0 amide bonds. The summed E-state index contributed by atoms with van der Waals surface area (Å²) in [7, 11) is 0. The molecule has 0 saturated heterocycles. The highest BCUT2D eigenvalue weighted by Crippen LogP contribution is 2.31. The lowest BCUT2D eigenvalue weighted by Gasteiger charge is -2.17. The molecule has 0 bridgehead atoms. The van der Waals surface area contributed by atoms with Crippen LogP contribution >= 0.6 is 11.8 Å². The van der Waals surface area contributed by atoms with E-state index in [2.05, 4.69) is 17.4 Å². The predicted octanol–water partition coefficient (Wildman–Crippen LogP) is 2.39. The molecule has 3 nitrogen and oxygen atoms in total. The van der Waals surface area contributed by atoms with E-state index in [9.17, 15) is 4.79 Å². The van der Waals surface area contributed by atoms with Crippen molar-refractivity contribution >= 4 is 23.4 Å². The Labute approximate surface area is 98.6 Å². The molecule has 84 valence electrons. The van der Waals surface area contributed by atoms with Gasteiger partial charge in [0.25, 0.3) is 0 Å². The number of benzene rings is 1. The number of anilines is 1. The summed E-state index contributed by atoms with van der Waals surface area (Å²) < 4.78 is 0. The summed E-state index contributed by atoms with van der Waals surface area (Å²) in [4.78, 5) is 11.6. The number of hydrogen-bond donors (Lipinski definition) is 2. The number of aliphatic carboxylic acids is 1. The number of rotatable bonds is 3. The highest BCUT2D eigenvalue weighted by molar-refractivity contribution is 7.99. The van der Waals surface area contributed by atoms with Crippen LogP contribution < -0.4 is 5.32 Å². The van der Waals surface area contributed by atoms with Crippen molar-refractivity contribution in [2.24, 2.45) is 0 Å². The van der Waals surface area contributed by atoms with Gasteiger partial charge in [-0.25, -0.2) is 4.79 Å². The maximum atomic E-state index is 10.3. The summed E-state index contributed by atoms with van der Waals surface area (Å²) in [6.07, 6.45) is 3.52. The number of hydrogen-bond acceptors (Lipinski definition) is 3. The van der Waals surface area contributed by atoms with Crippen LogP contribution in [0, 0.1) is 0 Å². The van der Waals surface area contributed by atoms with Crippen LogP contribution in [0.5, 0.6) is 0 Å². The van der Waals surface area contributed by atoms with E-state index in [0.717, 1.165) is 17.9 Å². The Bertz CT molecular complexity index is 429. The van der Waals surface area contributed by atoms with Crippen molar-refractivity contribution < 1.29 is 9.90 Å². The number of carboxylic acid groups (broad SMARTS) is 1. The number of allylic oxidation sites excluding steroid dienone is 1. The molecule has 0 aromatic heterocycles. The Kier molecular flexibility index (Phi) is 3.51. The Morgan fingerprint density at radius 1 is 1.56 bits per heavy atom. The first-order valence-electron chi connectivity index (χ1n) is 5.15. The van der Waals surface area contributed by atoms with Gasteiger partial charge >= 0.3 is 5.97 Å². The predicted molar refractivity (Wildman–Crippen MR) is 66.1 cm³/mol. The Hall–Kier alpha value is -1.42. The largest absolute Gasteiger partial charge is 0.478 e. The zero-order valence-electron chi connectivity index (χ0n) is 8.77. The second-order valence-electron chi connectivity index (χ2n) is 3.55. The van der Waals surface area contributed by atoms with Gasteiger partial charge in [-0.15, -0.1) is 11.8 Å². The van der Waals surface area contributed by atoms with Crippen molar-refractivity contribution in [3.8, 4) is 0 Å². The van der Waals surface area contributed by atoms with Gasteiger partial charge < -0.3 is 10.4 Å². The molecule has 0 aliphatic carbocycles. The molecule has 1 heterocycles. The van der Waals surface area contributed by atoms with E-state index >= 15 is 0 Å². The normalized spacial score (nSPS) is 14.5. The maximum Gasteiger partial charge on any atom is 0.327 e. The number of nitrogens with one attached hydrogen (secondary N) is 1. The molecule has 16 heavy (non-hydrogen) atoms. The fraction of sp³-hybridized carbons (Fsp3) is 0.250. The zero-order valence-corrected chi connectivity index (χ0v) is 9.59. The van der Waals surface area contributed by atoms with E-state index in [1.54, 1.807) is 6.08 Å². The van der Waals surface area contributed by atoms with Gasteiger partial charge in [-0.05, 0) is 24.1 Å². The van der Waals surface area contributed by atoms with E-state index in [4.69, 9.17) is 5.11 Å². The number of carbonyl (C=O) groups is 1. The SMILES string of the molecule is O=C(O)/C=C/Cc1ccc2c(c1)SCCN2. The van der Waals surface area contributed by atoms with Crippen LogP contribution in [0.25, 0.3) is 0 Å². The monoisotopic (exact) mass is 235 g/mol. The van der Waals surface area contributed by atoms with Crippen LogP contribution in [-0.2, 0) is 11.2 Å². The number of thioether (sulfide) groups is 1. The van der Waals surface area contributed by atoms with Crippen molar-refractivity contribution in [1.82, 2.24) is 0 Å². The van der Waals surface area contributed by atoms with E-state index in [-0.39, 0.29) is 0 Å². The minimum Gasteiger partial charge on any atom is -0.478 e. The zero-order chi connectivity index (χ0) is 11.4. The maximum absolute atomic E-state index is 10.3. The third-order valence-electron chi connectivity index (χ3n) is 2.34. The van der Waals surface area contributed by atoms with Gasteiger partial charge in [0.15, 0.2) is 0 Å². The van der Waals surface area contributed by atoms with E-state index in [1.807, 2.05) is 17.8 Å². The lowest BCUT2D eigenvalue weighted by Crippen LogP contribution is -2.10. The summed E-state index contributed by atoms with van der Waals surface area (Å²) in [5, 5.41) is 11.8. The molecule has 0 radical (unpaired) electrons. The molecular formula is C12H13NO2S. The lowest BCUT2D eigenvalue weighted by atomic mass is 10.1. The number of carboxylic acids is 1. The van der Waals surface area contributed by atoms with Gasteiger partial charge in [0.1, 0.15) is 0 Å². The van der Waals surface area contributed by atoms with Gasteiger partial charge in [0, 0.05) is 29.0 Å². The first-order chi connectivity index (χ1) is 7.75. The minimum absolute atomic E-state index is 0.667. The van der Waals surface area contributed by atoms with E-state index in [0.29, 0.717) is 6.42 Å². The second-order valence-corrected chi connectivity index (χ2v) is 4.69. The Morgan fingerprint density at radius 3 is 3.25 bits per heavy atom. The molecule has 0 unspecified atom stereocenters. The molecular weight excluding hydrogens is 222 g/mol. The summed E-state index contributed by atoms with van der Waals surface area (Å²) in [6, 6.07) is 6.22. The van der Waals surface area contributed by atoms with Crippen molar-refractivity contribution in [2.45, 2.75) is 11.3 Å². The molecule has 1 aliphatic heterocycles. The summed E-state index contributed by atoms with van der Waals surface area (Å²) in [5.41, 5.74) is 2.33. The van der Waals surface area contributed by atoms with Crippen molar-refractivity contribution in [3.05, 3.63) is 35.9 Å². The van der Waals surface area contributed by atoms with E-state index < -0.39 is 5.97 Å². The first kappa shape index (κ1) is 11.1. The summed E-state index contributed by atoms with van der Waals surface area (Å²) >= 11 is 1.84. The van der Waals surface area contributed by atoms with Gasteiger partial charge in [0.05, 0.1) is 0 Å². The summed E-state index contributed by atoms with van der Waals surface area (Å²) in [5.74, 6) is 0.190. The Morgan fingerprint density at radius 2 is 2.44 bits per heavy atom. The second kappa shape index (κ2) is 5.07. The van der Waals surface area contributed by atoms with Crippen LogP contribution in [-0.4, -0.2) is 23.4 Å². The quantitative estimate of drug-likeness (QED) is 0.790. The average Bonchev–Trinajstić information content (AvgIpc) is 2.28. The van der Waals surface area contributed by atoms with Crippen LogP contribution in [0.4, 0.5) is 5.69 Å². The van der Waals surface area contributed by atoms with Crippen molar-refractivity contribution in [3.63, 3.8) is 0 Å². The average molecular weight is 235 g/mol. The first-order valence-corrected chi connectivity index (χ1v) is 6.13. The highest BCUT2D eigenvalue weighted by atomic mass is 32.2. The summed E-state index contributed by atoms with van der Waals surface area (Å²) in [6.45, 7) is 1.01. The lowest BCUT2D eigenvalue weighted by molar-refractivity contribution is -0.131. The van der Waals surface area contributed by atoms with E-state index in [1.165, 1.54) is 16.7 Å². The van der Waals surface area contributed by atoms with Crippen LogP contribution in [0.15, 0.2) is 35.2 Å². The molecule has 0 spiro atoms. The standard InChI is InChI=1S/C12H13NO2S/c14-12(15)3-1-2-9-4-5-10-11(8-9)16-7-6-13-10/h1,3-5,8,13H,2,6-7H2,(H,14,15)/b3-1+. The third kappa shape index (κ3) is 2.79. The fourth-order valence-electron chi connectivity index (χ4n) is 1.60. The topological polar surface area (TPSA) is 49.3 Å². The van der Waals surface area contributed by atoms with Gasteiger partial charge in [-0.3, -0.25) is 0 Å².